The van der Waals surface area contributed by atoms with Gasteiger partial charge in [0.15, 0.2) is 0 Å². The zero-order valence-electron chi connectivity index (χ0n) is 19.0. The van der Waals surface area contributed by atoms with E-state index in [2.05, 4.69) is 0 Å². The molecule has 1 aromatic rings. The molecule has 3 heteroatoms. The predicted molar refractivity (Wildman–Crippen MR) is 124 cm³/mol. The lowest BCUT2D eigenvalue weighted by molar-refractivity contribution is 0.222. The molecule has 0 bridgehead atoms. The van der Waals surface area contributed by atoms with Crippen LogP contribution >= 0.6 is 0 Å². The molecule has 0 aliphatic heterocycles. The molecule has 0 heterocycles. The lowest BCUT2D eigenvalue weighted by atomic mass is 9.74. The lowest BCUT2D eigenvalue weighted by Crippen LogP contribution is -2.18. The van der Waals surface area contributed by atoms with E-state index in [1.54, 1.807) is 18.2 Å². The van der Waals surface area contributed by atoms with E-state index >= 15 is 0 Å². The maximum atomic E-state index is 13.9. The molecule has 0 unspecified atom stereocenters. The van der Waals surface area contributed by atoms with Crippen molar-refractivity contribution in [3.05, 3.63) is 47.5 Å². The summed E-state index contributed by atoms with van der Waals surface area (Å²) in [7, 11) is 0. The topological polar surface area (TPSA) is 23.8 Å². The first-order chi connectivity index (χ1) is 15.2. The second-order valence-corrected chi connectivity index (χ2v) is 10.0. The molecule has 0 radical (unpaired) electrons. The number of nitrogens with zero attached hydrogens (tertiary/aromatic N) is 1. The number of rotatable bonds is 10. The normalized spacial score (nSPS) is 26.7. The highest BCUT2D eigenvalue weighted by Gasteiger charge is 2.25. The van der Waals surface area contributed by atoms with E-state index in [0.717, 1.165) is 49.0 Å². The summed E-state index contributed by atoms with van der Waals surface area (Å²) in [6.07, 6.45) is 21.5. The van der Waals surface area contributed by atoms with Gasteiger partial charge in [-0.2, -0.15) is 5.26 Å². The molecule has 0 amide bonds. The third-order valence-corrected chi connectivity index (χ3v) is 7.95. The molecule has 31 heavy (non-hydrogen) atoms. The number of allylic oxidation sites excluding steroid dienone is 1. The predicted octanol–water partition coefficient (Wildman–Crippen LogP) is 8.99. The minimum atomic E-state index is -0.369. The highest BCUT2D eigenvalue weighted by molar-refractivity contribution is 5.34. The first-order valence-electron chi connectivity index (χ1n) is 12.6. The Kier molecular flexibility index (Phi) is 10.0. The summed E-state index contributed by atoms with van der Waals surface area (Å²) in [6.45, 7) is 0. The van der Waals surface area contributed by atoms with Crippen LogP contribution in [0.25, 0.3) is 0 Å². The number of nitriles is 1. The van der Waals surface area contributed by atoms with Crippen molar-refractivity contribution in [2.75, 3.05) is 0 Å². The molecule has 0 aromatic heterocycles. The fourth-order valence-electron chi connectivity index (χ4n) is 5.88. The number of unbranched alkanes of at least 4 members (excludes halogenated alkanes) is 3. The summed E-state index contributed by atoms with van der Waals surface area (Å²) < 4.78 is 25.9. The molecule has 0 spiro atoms. The second kappa shape index (κ2) is 13.0. The maximum absolute atomic E-state index is 13.9. The molecule has 170 valence electrons. The minimum absolute atomic E-state index is 0.151. The fourth-order valence-corrected chi connectivity index (χ4v) is 5.88. The van der Waals surface area contributed by atoms with Gasteiger partial charge in [0.2, 0.25) is 0 Å². The van der Waals surface area contributed by atoms with E-state index in [-0.39, 0.29) is 11.4 Å². The van der Waals surface area contributed by atoms with Crippen LogP contribution in [0.1, 0.15) is 113 Å². The first kappa shape index (κ1) is 24.0. The molecule has 2 fully saturated rings. The SMILES string of the molecule is N#Cc1ccc(C2CCC(CCC3CCC(CCCCC/C=C/F)CC3)CC2)cc1F. The largest absolute Gasteiger partial charge is 0.216 e. The zero-order valence-corrected chi connectivity index (χ0v) is 19.0. The van der Waals surface area contributed by atoms with E-state index in [0.29, 0.717) is 12.2 Å². The highest BCUT2D eigenvalue weighted by Crippen LogP contribution is 2.40. The van der Waals surface area contributed by atoms with E-state index in [4.69, 9.17) is 5.26 Å². The Morgan fingerprint density at radius 1 is 0.839 bits per heavy atom. The summed E-state index contributed by atoms with van der Waals surface area (Å²) in [4.78, 5) is 0. The Balaban J connectivity index is 1.28. The van der Waals surface area contributed by atoms with Crippen LogP contribution in [0.3, 0.4) is 0 Å². The van der Waals surface area contributed by atoms with Crippen LogP contribution in [0.4, 0.5) is 8.78 Å². The van der Waals surface area contributed by atoms with Crippen molar-refractivity contribution in [1.82, 2.24) is 0 Å². The van der Waals surface area contributed by atoms with Crippen molar-refractivity contribution < 1.29 is 8.78 Å². The van der Waals surface area contributed by atoms with Crippen molar-refractivity contribution >= 4 is 0 Å². The van der Waals surface area contributed by atoms with Crippen molar-refractivity contribution in [1.29, 1.82) is 5.26 Å². The van der Waals surface area contributed by atoms with E-state index in [9.17, 15) is 8.78 Å². The van der Waals surface area contributed by atoms with Crippen LogP contribution in [0.2, 0.25) is 0 Å². The molecular weight excluding hydrogens is 388 g/mol. The van der Waals surface area contributed by atoms with Crippen LogP contribution in [0.15, 0.2) is 30.6 Å². The lowest BCUT2D eigenvalue weighted by Gasteiger charge is -2.32. The Morgan fingerprint density at radius 3 is 2.03 bits per heavy atom. The van der Waals surface area contributed by atoms with E-state index < -0.39 is 0 Å². The molecule has 0 saturated heterocycles. The summed E-state index contributed by atoms with van der Waals surface area (Å²) >= 11 is 0. The fraction of sp³-hybridized carbons (Fsp3) is 0.679. The van der Waals surface area contributed by atoms with Gasteiger partial charge in [-0.25, -0.2) is 8.78 Å². The van der Waals surface area contributed by atoms with Gasteiger partial charge in [0.05, 0.1) is 11.9 Å². The van der Waals surface area contributed by atoms with E-state index in [1.165, 1.54) is 70.6 Å². The van der Waals surface area contributed by atoms with Crippen LogP contribution in [0, 0.1) is 34.9 Å². The van der Waals surface area contributed by atoms with Crippen LogP contribution < -0.4 is 0 Å². The number of hydrogen-bond acceptors (Lipinski definition) is 1. The van der Waals surface area contributed by atoms with Crippen LogP contribution in [-0.4, -0.2) is 0 Å². The van der Waals surface area contributed by atoms with Gasteiger partial charge in [-0.1, -0.05) is 69.9 Å². The van der Waals surface area contributed by atoms with Gasteiger partial charge in [0.1, 0.15) is 11.9 Å². The zero-order chi connectivity index (χ0) is 21.9. The van der Waals surface area contributed by atoms with Gasteiger partial charge >= 0.3 is 0 Å². The number of benzene rings is 1. The van der Waals surface area contributed by atoms with Crippen molar-refractivity contribution in [3.63, 3.8) is 0 Å². The molecule has 3 rings (SSSR count). The van der Waals surface area contributed by atoms with Crippen LogP contribution in [-0.2, 0) is 0 Å². The number of hydrogen-bond donors (Lipinski definition) is 0. The Labute approximate surface area is 187 Å². The quantitative estimate of drug-likeness (QED) is 0.342. The average Bonchev–Trinajstić information content (AvgIpc) is 2.81. The van der Waals surface area contributed by atoms with Crippen molar-refractivity contribution in [2.45, 2.75) is 102 Å². The highest BCUT2D eigenvalue weighted by atomic mass is 19.1. The first-order valence-corrected chi connectivity index (χ1v) is 12.6. The molecule has 0 atom stereocenters. The monoisotopic (exact) mass is 427 g/mol. The summed E-state index contributed by atoms with van der Waals surface area (Å²) in [5.74, 6) is 2.79. The number of halogens is 2. The van der Waals surface area contributed by atoms with Gasteiger partial charge < -0.3 is 0 Å². The molecule has 2 aliphatic carbocycles. The maximum Gasteiger partial charge on any atom is 0.141 e. The van der Waals surface area contributed by atoms with Crippen LogP contribution in [0.5, 0.6) is 0 Å². The van der Waals surface area contributed by atoms with Gasteiger partial charge in [0.25, 0.3) is 0 Å². The summed E-state index contributed by atoms with van der Waals surface area (Å²) in [5, 5.41) is 8.91. The van der Waals surface area contributed by atoms with E-state index in [1.807, 2.05) is 12.1 Å². The Hall–Kier alpha value is -1.69. The van der Waals surface area contributed by atoms with Gasteiger partial charge in [0, 0.05) is 0 Å². The minimum Gasteiger partial charge on any atom is -0.216 e. The molecule has 2 saturated carbocycles. The molecule has 2 aliphatic rings. The third kappa shape index (κ3) is 7.74. The Morgan fingerprint density at radius 2 is 1.45 bits per heavy atom. The smallest absolute Gasteiger partial charge is 0.141 e. The molecule has 1 nitrogen and oxygen atoms in total. The second-order valence-electron chi connectivity index (χ2n) is 10.0. The molecule has 1 aromatic carbocycles. The molecule has 0 N–H and O–H groups in total. The Bertz CT molecular complexity index is 719. The summed E-state index contributed by atoms with van der Waals surface area (Å²) in [5.41, 5.74) is 1.23. The third-order valence-electron chi connectivity index (χ3n) is 7.95. The average molecular weight is 428 g/mol. The van der Waals surface area contributed by atoms with Gasteiger partial charge in [-0.3, -0.25) is 0 Å². The van der Waals surface area contributed by atoms with Gasteiger partial charge in [-0.15, -0.1) is 0 Å². The van der Waals surface area contributed by atoms with Crippen molar-refractivity contribution in [3.8, 4) is 6.07 Å². The van der Waals surface area contributed by atoms with Gasteiger partial charge in [-0.05, 0) is 79.9 Å². The summed E-state index contributed by atoms with van der Waals surface area (Å²) in [6, 6.07) is 7.09. The van der Waals surface area contributed by atoms with Crippen molar-refractivity contribution in [2.24, 2.45) is 17.8 Å². The standard InChI is InChI=1S/C28H39F2N/c29-19-5-3-1-2-4-6-22-7-9-23(10-8-22)11-12-24-13-15-25(16-14-24)26-17-18-27(21-31)28(30)20-26/h5,17-20,22-25H,1-4,6-16H2/b19-5+. The molecular formula is C28H39F2N.